The van der Waals surface area contributed by atoms with E-state index in [9.17, 15) is 9.18 Å². The number of hydrogen-bond donors (Lipinski definition) is 2. The molecule has 142 valence electrons. The maximum absolute atomic E-state index is 13.6. The van der Waals surface area contributed by atoms with E-state index < -0.39 is 0 Å². The Kier molecular flexibility index (Phi) is 5.08. The fourth-order valence-corrected chi connectivity index (χ4v) is 3.45. The Hall–Kier alpha value is -3.91. The van der Waals surface area contributed by atoms with Crippen LogP contribution in [0.4, 0.5) is 4.39 Å². The minimum Gasteiger partial charge on any atom is -0.361 e. The van der Waals surface area contributed by atoms with Crippen molar-refractivity contribution in [3.05, 3.63) is 95.4 Å². The zero-order valence-corrected chi connectivity index (χ0v) is 15.6. The van der Waals surface area contributed by atoms with Crippen LogP contribution in [0.3, 0.4) is 0 Å². The third-order valence-corrected chi connectivity index (χ3v) is 4.88. The number of carbonyl (C=O) groups is 1. The molecule has 0 saturated carbocycles. The molecular weight excluding hydrogens is 365 g/mol. The Morgan fingerprint density at radius 1 is 1.07 bits per heavy atom. The molecule has 0 bridgehead atoms. The molecule has 0 saturated heterocycles. The van der Waals surface area contributed by atoms with E-state index in [2.05, 4.69) is 16.4 Å². The predicted molar refractivity (Wildman–Crippen MR) is 111 cm³/mol. The van der Waals surface area contributed by atoms with Crippen LogP contribution < -0.4 is 5.32 Å². The van der Waals surface area contributed by atoms with Gasteiger partial charge in [0.15, 0.2) is 0 Å². The molecule has 1 aromatic heterocycles. The molecule has 4 rings (SSSR count). The number of aromatic nitrogens is 1. The highest BCUT2D eigenvalue weighted by Gasteiger charge is 2.13. The number of nitrogens with one attached hydrogen (secondary N) is 2. The summed E-state index contributed by atoms with van der Waals surface area (Å²) in [6, 6.07) is 21.0. The summed E-state index contributed by atoms with van der Waals surface area (Å²) in [4.78, 5) is 15.9. The standard InChI is InChI=1S/C24H18FN3O/c25-19-5-3-4-17(13-19)20-6-1-2-7-21(20)24(29)27-11-10-18-15-28-23-9-8-16(14-26)12-22(18)23/h1-9,12-13,15,28H,10-11H2,(H,27,29). The SMILES string of the molecule is N#Cc1ccc2[nH]cc(CCNC(=O)c3ccccc3-c3cccc(F)c3)c2c1. The Bertz CT molecular complexity index is 1240. The number of nitrogens with zero attached hydrogens (tertiary/aromatic N) is 1. The lowest BCUT2D eigenvalue weighted by atomic mass is 9.99. The largest absolute Gasteiger partial charge is 0.361 e. The van der Waals surface area contributed by atoms with E-state index in [-0.39, 0.29) is 11.7 Å². The lowest BCUT2D eigenvalue weighted by molar-refractivity contribution is 0.0955. The molecule has 3 aromatic carbocycles. The minimum absolute atomic E-state index is 0.206. The number of aromatic amines is 1. The van der Waals surface area contributed by atoms with Crippen molar-refractivity contribution in [3.8, 4) is 17.2 Å². The molecule has 5 heteroatoms. The van der Waals surface area contributed by atoms with Crippen molar-refractivity contribution in [2.24, 2.45) is 0 Å². The van der Waals surface area contributed by atoms with Gasteiger partial charge in [-0.2, -0.15) is 5.26 Å². The summed E-state index contributed by atoms with van der Waals surface area (Å²) in [5, 5.41) is 13.0. The molecule has 0 radical (unpaired) electrons. The Morgan fingerprint density at radius 3 is 2.76 bits per heavy atom. The molecular formula is C24H18FN3O. The number of rotatable bonds is 5. The number of halogens is 1. The second-order valence-corrected chi connectivity index (χ2v) is 6.75. The Labute approximate surface area is 167 Å². The second kappa shape index (κ2) is 7.99. The molecule has 1 amide bonds. The van der Waals surface area contributed by atoms with Gasteiger partial charge in [-0.15, -0.1) is 0 Å². The number of benzene rings is 3. The molecule has 29 heavy (non-hydrogen) atoms. The molecule has 0 fully saturated rings. The summed E-state index contributed by atoms with van der Waals surface area (Å²) in [7, 11) is 0. The van der Waals surface area contributed by atoms with Gasteiger partial charge in [-0.3, -0.25) is 4.79 Å². The topological polar surface area (TPSA) is 68.7 Å². The maximum Gasteiger partial charge on any atom is 0.251 e. The van der Waals surface area contributed by atoms with E-state index in [1.165, 1.54) is 12.1 Å². The van der Waals surface area contributed by atoms with Crippen LogP contribution in [-0.4, -0.2) is 17.4 Å². The first-order valence-electron chi connectivity index (χ1n) is 9.29. The molecule has 4 aromatic rings. The maximum atomic E-state index is 13.6. The molecule has 0 unspecified atom stereocenters. The van der Waals surface area contributed by atoms with E-state index in [1.807, 2.05) is 30.5 Å². The molecule has 0 atom stereocenters. The van der Waals surface area contributed by atoms with Gasteiger partial charge in [-0.25, -0.2) is 4.39 Å². The van der Waals surface area contributed by atoms with Gasteiger partial charge in [-0.05, 0) is 59.5 Å². The predicted octanol–water partition coefficient (Wildman–Crippen LogP) is 4.82. The molecule has 0 spiro atoms. The van der Waals surface area contributed by atoms with Crippen LogP contribution in [0.2, 0.25) is 0 Å². The van der Waals surface area contributed by atoms with Gasteiger partial charge in [0.25, 0.3) is 5.91 Å². The van der Waals surface area contributed by atoms with Gasteiger partial charge < -0.3 is 10.3 Å². The number of nitriles is 1. The van der Waals surface area contributed by atoms with E-state index in [0.29, 0.717) is 35.2 Å². The van der Waals surface area contributed by atoms with Crippen molar-refractivity contribution >= 4 is 16.8 Å². The van der Waals surface area contributed by atoms with Gasteiger partial charge in [0, 0.05) is 29.2 Å². The van der Waals surface area contributed by atoms with Gasteiger partial charge in [0.1, 0.15) is 5.82 Å². The van der Waals surface area contributed by atoms with E-state index in [0.717, 1.165) is 16.5 Å². The first kappa shape index (κ1) is 18.5. The molecule has 0 aliphatic carbocycles. The summed E-state index contributed by atoms with van der Waals surface area (Å²) < 4.78 is 13.6. The number of amides is 1. The molecule has 0 aliphatic rings. The molecule has 1 heterocycles. The highest BCUT2D eigenvalue weighted by atomic mass is 19.1. The number of carbonyl (C=O) groups excluding carboxylic acids is 1. The minimum atomic E-state index is -0.339. The summed E-state index contributed by atoms with van der Waals surface area (Å²) in [6.45, 7) is 0.444. The average molecular weight is 383 g/mol. The van der Waals surface area contributed by atoms with Crippen molar-refractivity contribution in [2.75, 3.05) is 6.54 Å². The smallest absolute Gasteiger partial charge is 0.251 e. The second-order valence-electron chi connectivity index (χ2n) is 6.75. The van der Waals surface area contributed by atoms with Crippen LogP contribution in [0.1, 0.15) is 21.5 Å². The highest BCUT2D eigenvalue weighted by molar-refractivity contribution is 6.00. The highest BCUT2D eigenvalue weighted by Crippen LogP contribution is 2.24. The first-order valence-corrected chi connectivity index (χ1v) is 9.29. The van der Waals surface area contributed by atoms with Crippen molar-refractivity contribution in [1.29, 1.82) is 5.26 Å². The Balaban J connectivity index is 1.50. The van der Waals surface area contributed by atoms with Crippen molar-refractivity contribution < 1.29 is 9.18 Å². The number of hydrogen-bond acceptors (Lipinski definition) is 2. The van der Waals surface area contributed by atoms with Crippen LogP contribution in [-0.2, 0) is 6.42 Å². The first-order chi connectivity index (χ1) is 14.2. The van der Waals surface area contributed by atoms with Crippen LogP contribution >= 0.6 is 0 Å². The summed E-state index contributed by atoms with van der Waals surface area (Å²) in [5.74, 6) is -0.545. The number of H-pyrrole nitrogens is 1. The van der Waals surface area contributed by atoms with Crippen molar-refractivity contribution in [2.45, 2.75) is 6.42 Å². The lowest BCUT2D eigenvalue weighted by Gasteiger charge is -2.10. The van der Waals surface area contributed by atoms with Gasteiger partial charge in [0.2, 0.25) is 0 Å². The third kappa shape index (κ3) is 3.87. The molecule has 4 nitrogen and oxygen atoms in total. The van der Waals surface area contributed by atoms with Gasteiger partial charge in [-0.1, -0.05) is 30.3 Å². The zero-order valence-electron chi connectivity index (χ0n) is 15.6. The van der Waals surface area contributed by atoms with Crippen LogP contribution in [0.15, 0.2) is 72.9 Å². The van der Waals surface area contributed by atoms with Crippen molar-refractivity contribution in [1.82, 2.24) is 10.3 Å². The third-order valence-electron chi connectivity index (χ3n) is 4.88. The van der Waals surface area contributed by atoms with Crippen LogP contribution in [0.25, 0.3) is 22.0 Å². The molecule has 2 N–H and O–H groups in total. The summed E-state index contributed by atoms with van der Waals surface area (Å²) in [5.41, 5.74) is 4.46. The zero-order chi connectivity index (χ0) is 20.2. The normalized spacial score (nSPS) is 10.6. The van der Waals surface area contributed by atoms with E-state index >= 15 is 0 Å². The van der Waals surface area contributed by atoms with Gasteiger partial charge >= 0.3 is 0 Å². The lowest BCUT2D eigenvalue weighted by Crippen LogP contribution is -2.26. The average Bonchev–Trinajstić information content (AvgIpc) is 3.15. The fraction of sp³-hybridized carbons (Fsp3) is 0.0833. The fourth-order valence-electron chi connectivity index (χ4n) is 3.45. The summed E-state index contributed by atoms with van der Waals surface area (Å²) in [6.07, 6.45) is 2.53. The van der Waals surface area contributed by atoms with E-state index in [1.54, 1.807) is 30.3 Å². The molecule has 0 aliphatic heterocycles. The summed E-state index contributed by atoms with van der Waals surface area (Å²) >= 11 is 0. The quantitative estimate of drug-likeness (QED) is 0.519. The monoisotopic (exact) mass is 383 g/mol. The van der Waals surface area contributed by atoms with E-state index in [4.69, 9.17) is 5.26 Å². The Morgan fingerprint density at radius 2 is 1.93 bits per heavy atom. The van der Waals surface area contributed by atoms with Crippen LogP contribution in [0.5, 0.6) is 0 Å². The van der Waals surface area contributed by atoms with Gasteiger partial charge in [0.05, 0.1) is 11.6 Å². The van der Waals surface area contributed by atoms with Crippen molar-refractivity contribution in [3.63, 3.8) is 0 Å². The number of fused-ring (bicyclic) bond motifs is 1. The van der Waals surface area contributed by atoms with Crippen LogP contribution in [0, 0.1) is 17.1 Å².